The zero-order valence-corrected chi connectivity index (χ0v) is 34.6. The lowest BCUT2D eigenvalue weighted by molar-refractivity contribution is -0.147. The lowest BCUT2D eigenvalue weighted by Gasteiger charge is -2.12. The summed E-state index contributed by atoms with van der Waals surface area (Å²) in [6.45, 7) is -1.16. The van der Waals surface area contributed by atoms with Crippen LogP contribution in [0.3, 0.4) is 0 Å². The first kappa shape index (κ1) is 41.7. The highest BCUT2D eigenvalue weighted by atomic mass is 16.5. The van der Waals surface area contributed by atoms with Gasteiger partial charge in [-0.1, -0.05) is 103 Å². The van der Waals surface area contributed by atoms with Crippen molar-refractivity contribution in [3.63, 3.8) is 0 Å². The number of aromatic nitrogens is 4. The number of nitrogens with zero attached hydrogens (tertiary/aromatic N) is 2. The summed E-state index contributed by atoms with van der Waals surface area (Å²) in [6, 6.07) is 44.5. The average molecular weight is 861 g/mol. The van der Waals surface area contributed by atoms with E-state index in [4.69, 9.17) is 19.8 Å². The highest BCUT2D eigenvalue weighted by Gasteiger charge is 2.23. The molecule has 5 heterocycles. The molecule has 0 saturated carbocycles. The van der Waals surface area contributed by atoms with Gasteiger partial charge in [0.25, 0.3) is 0 Å². The monoisotopic (exact) mass is 860 g/mol. The second kappa shape index (κ2) is 18.3. The van der Waals surface area contributed by atoms with Gasteiger partial charge in [-0.05, 0) is 83.0 Å². The molecule has 6 N–H and O–H groups in total. The summed E-state index contributed by atoms with van der Waals surface area (Å²) < 4.78 is 5.20. The molecule has 13 nitrogen and oxygen atoms in total. The fourth-order valence-electron chi connectivity index (χ4n) is 8.00. The van der Waals surface area contributed by atoms with Crippen LogP contribution >= 0.6 is 0 Å². The maximum Gasteiger partial charge on any atom is 0.326 e. The zero-order chi connectivity index (χ0) is 44.9. The van der Waals surface area contributed by atoms with Crippen molar-refractivity contribution in [2.45, 2.75) is 12.5 Å². The number of fused-ring (bicyclic) bond motifs is 8. The molecule has 0 spiro atoms. The SMILES string of the molecule is O=C(O)C[C@H](NC(=O)COCC(=O)Nc1ccc(-c2c3nc(c(-c4ccccc4)c4ccc([nH]4)c(-c4ccccc4)c4nc(c(-c5ccccc5)c5ccc2[nH]5)C=C4)C=C3)cc1)C(=O)O. The van der Waals surface area contributed by atoms with E-state index in [2.05, 4.69) is 87.4 Å². The number of amides is 2. The van der Waals surface area contributed by atoms with Gasteiger partial charge in [-0.25, -0.2) is 14.8 Å². The summed E-state index contributed by atoms with van der Waals surface area (Å²) in [5.41, 5.74) is 14.4. The number of carboxylic acids is 2. The maximum atomic E-state index is 12.8. The number of carbonyl (C=O) groups is 4. The molecular formula is C52H40N6O7. The summed E-state index contributed by atoms with van der Waals surface area (Å²) in [6.07, 6.45) is 7.35. The van der Waals surface area contributed by atoms with Crippen LogP contribution < -0.4 is 10.6 Å². The van der Waals surface area contributed by atoms with E-state index in [0.717, 1.165) is 83.7 Å². The molecule has 4 aromatic carbocycles. The summed E-state index contributed by atoms with van der Waals surface area (Å²) in [5.74, 6) is -4.32. The van der Waals surface area contributed by atoms with Gasteiger partial charge >= 0.3 is 11.9 Å². The number of hydrogen-bond acceptors (Lipinski definition) is 7. The lowest BCUT2D eigenvalue weighted by Crippen LogP contribution is -2.44. The van der Waals surface area contributed by atoms with Crippen LogP contribution in [0.25, 0.3) is 90.9 Å². The molecule has 13 heteroatoms. The summed E-state index contributed by atoms with van der Waals surface area (Å²) >= 11 is 0. The van der Waals surface area contributed by atoms with Crippen LogP contribution in [0, 0.1) is 0 Å². The number of ether oxygens (including phenoxy) is 1. The van der Waals surface area contributed by atoms with Gasteiger partial charge in [0.05, 0.1) is 29.2 Å². The predicted molar refractivity (Wildman–Crippen MR) is 252 cm³/mol. The van der Waals surface area contributed by atoms with Crippen LogP contribution in [0.1, 0.15) is 29.2 Å². The van der Waals surface area contributed by atoms with E-state index in [9.17, 15) is 24.3 Å². The molecule has 0 aliphatic carbocycles. The number of rotatable bonds is 13. The Morgan fingerprint density at radius 1 is 0.492 bits per heavy atom. The molecule has 1 atom stereocenters. The molecule has 8 bridgehead atoms. The average Bonchev–Trinajstić information content (AvgIpc) is 4.16. The van der Waals surface area contributed by atoms with Crippen LogP contribution in [-0.2, 0) is 23.9 Å². The quantitative estimate of drug-likeness (QED) is 0.0654. The molecule has 2 amide bonds. The molecule has 65 heavy (non-hydrogen) atoms. The minimum Gasteiger partial charge on any atom is -0.481 e. The topological polar surface area (TPSA) is 199 Å². The van der Waals surface area contributed by atoms with Crippen molar-refractivity contribution in [3.8, 4) is 44.5 Å². The molecule has 0 fully saturated rings. The number of benzene rings is 4. The number of aliphatic carboxylic acids is 2. The normalized spacial score (nSPS) is 12.1. The van der Waals surface area contributed by atoms with E-state index >= 15 is 0 Å². The van der Waals surface area contributed by atoms with Crippen molar-refractivity contribution in [3.05, 3.63) is 162 Å². The third-order valence-corrected chi connectivity index (χ3v) is 10.9. The highest BCUT2D eigenvalue weighted by Crippen LogP contribution is 2.38. The Kier molecular flexibility index (Phi) is 11.8. The van der Waals surface area contributed by atoms with Crippen LogP contribution in [-0.4, -0.2) is 73.2 Å². The van der Waals surface area contributed by atoms with Gasteiger partial charge in [0.15, 0.2) is 0 Å². The molecule has 320 valence electrons. The Hall–Kier alpha value is -8.68. The molecule has 9 rings (SSSR count). The first-order valence-corrected chi connectivity index (χ1v) is 20.7. The Labute approximate surface area is 371 Å². The van der Waals surface area contributed by atoms with E-state index in [0.29, 0.717) is 11.4 Å². The molecule has 3 aromatic heterocycles. The molecule has 7 aromatic rings. The highest BCUT2D eigenvalue weighted by molar-refractivity contribution is 6.00. The van der Waals surface area contributed by atoms with E-state index in [1.54, 1.807) is 12.1 Å². The smallest absolute Gasteiger partial charge is 0.326 e. The molecule has 0 unspecified atom stereocenters. The van der Waals surface area contributed by atoms with E-state index in [1.165, 1.54) is 0 Å². The van der Waals surface area contributed by atoms with Crippen molar-refractivity contribution in [2.75, 3.05) is 18.5 Å². The summed E-state index contributed by atoms with van der Waals surface area (Å²) in [7, 11) is 0. The van der Waals surface area contributed by atoms with Crippen LogP contribution in [0.15, 0.2) is 140 Å². The van der Waals surface area contributed by atoms with Gasteiger partial charge in [-0.2, -0.15) is 0 Å². The van der Waals surface area contributed by atoms with Crippen LogP contribution in [0.5, 0.6) is 0 Å². The lowest BCUT2D eigenvalue weighted by atomic mass is 10.0. The summed E-state index contributed by atoms with van der Waals surface area (Å²) in [5, 5.41) is 22.9. The van der Waals surface area contributed by atoms with E-state index in [1.807, 2.05) is 84.9 Å². The number of aromatic amines is 2. The fourth-order valence-corrected chi connectivity index (χ4v) is 8.00. The Morgan fingerprint density at radius 2 is 0.862 bits per heavy atom. The van der Waals surface area contributed by atoms with Crippen molar-refractivity contribution >= 4 is 75.8 Å². The molecular weight excluding hydrogens is 821 g/mol. The Bertz CT molecular complexity index is 3160. The fraction of sp³-hybridized carbons (Fsp3) is 0.0769. The van der Waals surface area contributed by atoms with Crippen LogP contribution in [0.4, 0.5) is 5.69 Å². The number of hydrogen-bond donors (Lipinski definition) is 6. The standard InChI is InChI=1S/C52H40N6O7/c59-45(29-65-30-46(60)58-44(52(63)64)28-47(61)62)53-35-18-16-34(17-19-35)51-42-26-24-40(56-42)49(32-12-6-2-7-13-32)38-22-20-36(54-38)48(31-10-4-1-5-11-31)37-21-23-39(55-37)50(33-14-8-3-9-15-33)41-25-27-43(51)57-41/h1-27,44,54,57H,28-30H2,(H,53,59)(H,58,60)(H,61,62)(H,63,64)/t44-/m0/s1. The van der Waals surface area contributed by atoms with Gasteiger partial charge in [-0.3, -0.25) is 14.4 Å². The van der Waals surface area contributed by atoms with Crippen molar-refractivity contribution in [2.24, 2.45) is 0 Å². The number of carbonyl (C=O) groups excluding carboxylic acids is 2. The van der Waals surface area contributed by atoms with E-state index < -0.39 is 49.4 Å². The minimum absolute atomic E-state index is 0.461. The number of anilines is 1. The first-order valence-electron chi connectivity index (χ1n) is 20.7. The van der Waals surface area contributed by atoms with Gasteiger partial charge in [-0.15, -0.1) is 0 Å². The molecule has 2 aliphatic heterocycles. The molecule has 2 aliphatic rings. The van der Waals surface area contributed by atoms with Crippen molar-refractivity contribution in [1.82, 2.24) is 25.3 Å². The maximum absolute atomic E-state index is 12.8. The Balaban J connectivity index is 1.15. The number of H-pyrrole nitrogens is 2. The second-order valence-corrected chi connectivity index (χ2v) is 15.3. The van der Waals surface area contributed by atoms with Crippen molar-refractivity contribution in [1.29, 1.82) is 0 Å². The van der Waals surface area contributed by atoms with Gasteiger partial charge in [0.2, 0.25) is 11.8 Å². The van der Waals surface area contributed by atoms with Gasteiger partial charge in [0.1, 0.15) is 19.3 Å². The minimum atomic E-state index is -1.63. The number of nitrogens with one attached hydrogen (secondary N) is 4. The molecule has 0 saturated heterocycles. The van der Waals surface area contributed by atoms with Gasteiger partial charge < -0.3 is 35.6 Å². The van der Waals surface area contributed by atoms with Crippen LogP contribution in [0.2, 0.25) is 0 Å². The predicted octanol–water partition coefficient (Wildman–Crippen LogP) is 9.32. The summed E-state index contributed by atoms with van der Waals surface area (Å²) in [4.78, 5) is 65.4. The van der Waals surface area contributed by atoms with Gasteiger partial charge in [0, 0.05) is 50.0 Å². The molecule has 0 radical (unpaired) electrons. The second-order valence-electron chi connectivity index (χ2n) is 15.3. The Morgan fingerprint density at radius 3 is 1.23 bits per heavy atom. The van der Waals surface area contributed by atoms with E-state index in [-0.39, 0.29) is 0 Å². The van der Waals surface area contributed by atoms with Crippen molar-refractivity contribution < 1.29 is 34.1 Å². The third-order valence-electron chi connectivity index (χ3n) is 10.9. The largest absolute Gasteiger partial charge is 0.481 e. The number of carboxylic acid groups (broad SMARTS) is 2. The third kappa shape index (κ3) is 9.12. The zero-order valence-electron chi connectivity index (χ0n) is 34.6. The first-order chi connectivity index (χ1) is 31.7.